The zero-order chi connectivity index (χ0) is 12.4. The van der Waals surface area contributed by atoms with Crippen LogP contribution in [0.4, 0.5) is 11.4 Å². The largest absolute Gasteiger partial charge is 0.397 e. The molecule has 0 radical (unpaired) electrons. The number of hydrogen-bond donors (Lipinski definition) is 2. The third-order valence-electron chi connectivity index (χ3n) is 2.42. The third-order valence-corrected chi connectivity index (χ3v) is 2.42. The summed E-state index contributed by atoms with van der Waals surface area (Å²) >= 11 is 0. The number of nitrogens with two attached hydrogens (primary N) is 1. The number of amides is 1. The molecule has 2 rings (SSSR count). The summed E-state index contributed by atoms with van der Waals surface area (Å²) < 4.78 is 1.58. The van der Waals surface area contributed by atoms with Crippen molar-refractivity contribution in [3.8, 4) is 0 Å². The smallest absolute Gasteiger partial charge is 0.258 e. The van der Waals surface area contributed by atoms with E-state index < -0.39 is 0 Å². The van der Waals surface area contributed by atoms with Crippen molar-refractivity contribution in [1.82, 2.24) is 9.78 Å². The van der Waals surface area contributed by atoms with Gasteiger partial charge in [-0.05, 0) is 24.6 Å². The van der Waals surface area contributed by atoms with E-state index >= 15 is 0 Å². The summed E-state index contributed by atoms with van der Waals surface area (Å²) in [6, 6.07) is 5.51. The van der Waals surface area contributed by atoms with Gasteiger partial charge >= 0.3 is 0 Å². The Labute approximate surface area is 99.2 Å². The molecule has 5 heteroatoms. The Morgan fingerprint density at radius 2 is 2.24 bits per heavy atom. The van der Waals surface area contributed by atoms with Gasteiger partial charge in [-0.25, -0.2) is 0 Å². The first-order valence-corrected chi connectivity index (χ1v) is 5.22. The zero-order valence-corrected chi connectivity index (χ0v) is 9.77. The lowest BCUT2D eigenvalue weighted by atomic mass is 10.2. The molecule has 1 heterocycles. The van der Waals surface area contributed by atoms with Gasteiger partial charge in [0.15, 0.2) is 0 Å². The second kappa shape index (κ2) is 4.29. The monoisotopic (exact) mass is 230 g/mol. The third kappa shape index (κ3) is 2.44. The van der Waals surface area contributed by atoms with Gasteiger partial charge in [-0.3, -0.25) is 9.48 Å². The van der Waals surface area contributed by atoms with Crippen LogP contribution in [-0.4, -0.2) is 15.7 Å². The Morgan fingerprint density at radius 3 is 2.82 bits per heavy atom. The Hall–Kier alpha value is -2.30. The van der Waals surface area contributed by atoms with E-state index in [2.05, 4.69) is 10.4 Å². The maximum atomic E-state index is 11.8. The van der Waals surface area contributed by atoms with Crippen LogP contribution in [0.1, 0.15) is 15.9 Å². The summed E-state index contributed by atoms with van der Waals surface area (Å²) in [7, 11) is 1.76. The number of hydrogen-bond acceptors (Lipinski definition) is 3. The molecule has 0 saturated carbocycles. The molecule has 0 aliphatic heterocycles. The van der Waals surface area contributed by atoms with Crippen LogP contribution >= 0.6 is 0 Å². The minimum absolute atomic E-state index is 0.214. The number of benzene rings is 1. The number of anilines is 2. The van der Waals surface area contributed by atoms with Crippen LogP contribution in [-0.2, 0) is 7.05 Å². The summed E-state index contributed by atoms with van der Waals surface area (Å²) in [5.74, 6) is -0.214. The van der Waals surface area contributed by atoms with E-state index in [1.54, 1.807) is 24.0 Å². The topological polar surface area (TPSA) is 72.9 Å². The molecule has 1 amide bonds. The number of carbonyl (C=O) groups excluding carboxylic acids is 1. The summed E-state index contributed by atoms with van der Waals surface area (Å²) in [5, 5.41) is 6.69. The van der Waals surface area contributed by atoms with E-state index in [0.29, 0.717) is 16.9 Å². The number of nitrogen functional groups attached to an aromatic ring is 1. The maximum Gasteiger partial charge on any atom is 0.258 e. The van der Waals surface area contributed by atoms with Crippen molar-refractivity contribution in [1.29, 1.82) is 0 Å². The molecule has 0 saturated heterocycles. The maximum absolute atomic E-state index is 11.8. The Balaban J connectivity index is 2.18. The average molecular weight is 230 g/mol. The minimum Gasteiger partial charge on any atom is -0.397 e. The molecule has 88 valence electrons. The Bertz CT molecular complexity index is 559. The first kappa shape index (κ1) is 11.2. The van der Waals surface area contributed by atoms with Gasteiger partial charge in [0.1, 0.15) is 0 Å². The number of nitrogens with zero attached hydrogens (tertiary/aromatic N) is 2. The van der Waals surface area contributed by atoms with E-state index in [9.17, 15) is 4.79 Å². The molecule has 0 aliphatic carbocycles. The first-order valence-electron chi connectivity index (χ1n) is 5.22. The highest BCUT2D eigenvalue weighted by atomic mass is 16.1. The van der Waals surface area contributed by atoms with Gasteiger partial charge in [0.2, 0.25) is 0 Å². The molecule has 0 atom stereocenters. The average Bonchev–Trinajstić information content (AvgIpc) is 2.69. The van der Waals surface area contributed by atoms with Crippen LogP contribution in [0, 0.1) is 6.92 Å². The predicted molar refractivity (Wildman–Crippen MR) is 66.8 cm³/mol. The number of carbonyl (C=O) groups is 1. The fourth-order valence-corrected chi connectivity index (χ4v) is 1.53. The van der Waals surface area contributed by atoms with Crippen molar-refractivity contribution < 1.29 is 4.79 Å². The van der Waals surface area contributed by atoms with Crippen LogP contribution in [0.3, 0.4) is 0 Å². The lowest BCUT2D eigenvalue weighted by molar-refractivity contribution is 0.102. The molecule has 17 heavy (non-hydrogen) atoms. The van der Waals surface area contributed by atoms with Gasteiger partial charge in [-0.2, -0.15) is 5.10 Å². The highest BCUT2D eigenvalue weighted by Crippen LogP contribution is 2.20. The van der Waals surface area contributed by atoms with Crippen molar-refractivity contribution in [3.05, 3.63) is 41.7 Å². The van der Waals surface area contributed by atoms with Crippen LogP contribution in [0.15, 0.2) is 30.6 Å². The van der Waals surface area contributed by atoms with Gasteiger partial charge in [0, 0.05) is 13.2 Å². The SMILES string of the molecule is Cc1ccc(NC(=O)c2cnn(C)c2)c(N)c1. The molecule has 3 N–H and O–H groups in total. The quantitative estimate of drug-likeness (QED) is 0.769. The number of nitrogens with one attached hydrogen (secondary N) is 1. The summed E-state index contributed by atoms with van der Waals surface area (Å²) in [6.07, 6.45) is 3.17. The van der Waals surface area contributed by atoms with E-state index in [1.165, 1.54) is 6.20 Å². The fraction of sp³-hybridized carbons (Fsp3) is 0.167. The van der Waals surface area contributed by atoms with Gasteiger partial charge in [-0.1, -0.05) is 6.07 Å². The van der Waals surface area contributed by atoms with Crippen LogP contribution in [0.5, 0.6) is 0 Å². The van der Waals surface area contributed by atoms with E-state index in [0.717, 1.165) is 5.56 Å². The van der Waals surface area contributed by atoms with Crippen molar-refractivity contribution in [3.63, 3.8) is 0 Å². The molecule has 0 aliphatic rings. The molecule has 2 aromatic rings. The Morgan fingerprint density at radius 1 is 1.47 bits per heavy atom. The molecule has 0 fully saturated rings. The van der Waals surface area contributed by atoms with Gasteiger partial charge < -0.3 is 11.1 Å². The first-order chi connectivity index (χ1) is 8.06. The van der Waals surface area contributed by atoms with Crippen LogP contribution < -0.4 is 11.1 Å². The number of rotatable bonds is 2. The van der Waals surface area contributed by atoms with E-state index in [1.807, 2.05) is 19.1 Å². The van der Waals surface area contributed by atoms with Crippen molar-refractivity contribution in [2.45, 2.75) is 6.92 Å². The van der Waals surface area contributed by atoms with Crippen molar-refractivity contribution in [2.75, 3.05) is 11.1 Å². The minimum atomic E-state index is -0.214. The summed E-state index contributed by atoms with van der Waals surface area (Å²) in [6.45, 7) is 1.95. The highest BCUT2D eigenvalue weighted by molar-refractivity contribution is 6.05. The second-order valence-electron chi connectivity index (χ2n) is 3.95. The lowest BCUT2D eigenvalue weighted by Gasteiger charge is -2.07. The fourth-order valence-electron chi connectivity index (χ4n) is 1.53. The van der Waals surface area contributed by atoms with Gasteiger partial charge in [0.25, 0.3) is 5.91 Å². The molecular weight excluding hydrogens is 216 g/mol. The number of aryl methyl sites for hydroxylation is 2. The highest BCUT2D eigenvalue weighted by Gasteiger charge is 2.09. The second-order valence-corrected chi connectivity index (χ2v) is 3.95. The molecule has 0 bridgehead atoms. The molecular formula is C12H14N4O. The predicted octanol–water partition coefficient (Wildman–Crippen LogP) is 1.56. The Kier molecular flexibility index (Phi) is 2.82. The summed E-state index contributed by atoms with van der Waals surface area (Å²) in [5.41, 5.74) is 8.55. The zero-order valence-electron chi connectivity index (χ0n) is 9.77. The summed E-state index contributed by atoms with van der Waals surface area (Å²) in [4.78, 5) is 11.8. The molecule has 0 spiro atoms. The van der Waals surface area contributed by atoms with E-state index in [4.69, 9.17) is 5.73 Å². The molecule has 1 aromatic heterocycles. The normalized spacial score (nSPS) is 10.2. The molecule has 1 aromatic carbocycles. The van der Waals surface area contributed by atoms with Crippen LogP contribution in [0.25, 0.3) is 0 Å². The standard InChI is InChI=1S/C12H14N4O/c1-8-3-4-11(10(13)5-8)15-12(17)9-6-14-16(2)7-9/h3-7H,13H2,1-2H3,(H,15,17). The molecule has 0 unspecified atom stereocenters. The van der Waals surface area contributed by atoms with Crippen LogP contribution in [0.2, 0.25) is 0 Å². The number of aromatic nitrogens is 2. The van der Waals surface area contributed by atoms with Gasteiger partial charge in [0.05, 0.1) is 23.1 Å². The van der Waals surface area contributed by atoms with Crippen molar-refractivity contribution >= 4 is 17.3 Å². The lowest BCUT2D eigenvalue weighted by Crippen LogP contribution is -2.12. The van der Waals surface area contributed by atoms with Gasteiger partial charge in [-0.15, -0.1) is 0 Å². The van der Waals surface area contributed by atoms with E-state index in [-0.39, 0.29) is 5.91 Å². The van der Waals surface area contributed by atoms with Crippen molar-refractivity contribution in [2.24, 2.45) is 7.05 Å². The molecule has 5 nitrogen and oxygen atoms in total.